The molecule has 3 aromatic heterocycles. The third kappa shape index (κ3) is 3.22. The van der Waals surface area contributed by atoms with Crippen LogP contribution in [0.5, 0.6) is 0 Å². The molecule has 0 unspecified atom stereocenters. The van der Waals surface area contributed by atoms with Crippen LogP contribution in [0.2, 0.25) is 0 Å². The fourth-order valence-electron chi connectivity index (χ4n) is 3.52. The number of anilines is 2. The zero-order valence-electron chi connectivity index (χ0n) is 16.8. The van der Waals surface area contributed by atoms with Gasteiger partial charge in [0.05, 0.1) is 5.69 Å². The van der Waals surface area contributed by atoms with E-state index in [1.54, 1.807) is 0 Å². The van der Waals surface area contributed by atoms with Gasteiger partial charge in [-0.05, 0) is 26.7 Å². The Labute approximate surface area is 159 Å². The van der Waals surface area contributed by atoms with Crippen LogP contribution in [0.1, 0.15) is 35.9 Å². The smallest absolute Gasteiger partial charge is 0.244 e. The molecule has 0 amide bonds. The monoisotopic (exact) mass is 369 g/mol. The first kappa shape index (κ1) is 17.7. The van der Waals surface area contributed by atoms with Crippen molar-refractivity contribution in [3.8, 4) is 0 Å². The number of imidazole rings is 1. The zero-order valence-corrected chi connectivity index (χ0v) is 16.8. The number of rotatable bonds is 5. The van der Waals surface area contributed by atoms with Crippen molar-refractivity contribution < 1.29 is 0 Å². The van der Waals surface area contributed by atoms with Crippen LogP contribution in [-0.4, -0.2) is 61.3 Å². The molecule has 0 saturated carbocycles. The molecule has 0 atom stereocenters. The summed E-state index contributed by atoms with van der Waals surface area (Å²) >= 11 is 0. The highest BCUT2D eigenvalue weighted by molar-refractivity contribution is 5.45. The lowest BCUT2D eigenvalue weighted by molar-refractivity contribution is 0.680. The summed E-state index contributed by atoms with van der Waals surface area (Å²) in [5.74, 6) is 4.14. The summed E-state index contributed by atoms with van der Waals surface area (Å²) in [5.41, 5.74) is 2.05. The minimum atomic E-state index is 0.703. The molecular weight excluding hydrogens is 342 g/mol. The maximum Gasteiger partial charge on any atom is 0.244 e. The number of fused-ring (bicyclic) bond motifs is 1. The van der Waals surface area contributed by atoms with Gasteiger partial charge in [-0.3, -0.25) is 9.08 Å². The Morgan fingerprint density at radius 2 is 1.70 bits per heavy atom. The molecule has 0 N–H and O–H groups in total. The SMILES string of the molecule is Cc1nc2nc(CCc3nc(N4CCCC4)nn3C)nc(N(C)C)n2c1C. The van der Waals surface area contributed by atoms with Gasteiger partial charge in [-0.25, -0.2) is 4.98 Å². The summed E-state index contributed by atoms with van der Waals surface area (Å²) in [5, 5.41) is 4.58. The predicted molar refractivity (Wildman–Crippen MR) is 104 cm³/mol. The van der Waals surface area contributed by atoms with E-state index in [0.717, 1.165) is 54.4 Å². The molecule has 27 heavy (non-hydrogen) atoms. The van der Waals surface area contributed by atoms with Crippen molar-refractivity contribution in [3.63, 3.8) is 0 Å². The highest BCUT2D eigenvalue weighted by Crippen LogP contribution is 2.19. The standard InChI is InChI=1S/C18H27N9/c1-12-13(2)27-16(19-12)20-14(21-18(27)24(3)4)8-9-15-22-17(23-25(15)5)26-10-6-7-11-26/h6-11H2,1-5H3. The average molecular weight is 369 g/mol. The molecule has 9 heteroatoms. The van der Waals surface area contributed by atoms with Gasteiger partial charge in [0.15, 0.2) is 0 Å². The summed E-state index contributed by atoms with van der Waals surface area (Å²) in [4.78, 5) is 23.0. The quantitative estimate of drug-likeness (QED) is 0.671. The van der Waals surface area contributed by atoms with Crippen molar-refractivity contribution >= 4 is 17.7 Å². The van der Waals surface area contributed by atoms with Gasteiger partial charge in [0, 0.05) is 52.8 Å². The van der Waals surface area contributed by atoms with Crippen molar-refractivity contribution in [1.29, 1.82) is 0 Å². The maximum absolute atomic E-state index is 4.77. The second-order valence-corrected chi connectivity index (χ2v) is 7.40. The van der Waals surface area contributed by atoms with Crippen molar-refractivity contribution in [2.75, 3.05) is 37.0 Å². The predicted octanol–water partition coefficient (Wildman–Crippen LogP) is 1.32. The topological polar surface area (TPSA) is 80.3 Å². The largest absolute Gasteiger partial charge is 0.348 e. The fourth-order valence-corrected chi connectivity index (χ4v) is 3.52. The lowest BCUT2D eigenvalue weighted by atomic mass is 10.3. The van der Waals surface area contributed by atoms with E-state index in [9.17, 15) is 0 Å². The molecule has 144 valence electrons. The van der Waals surface area contributed by atoms with Crippen molar-refractivity contribution in [3.05, 3.63) is 23.0 Å². The van der Waals surface area contributed by atoms with Crippen molar-refractivity contribution in [2.45, 2.75) is 39.5 Å². The van der Waals surface area contributed by atoms with E-state index in [4.69, 9.17) is 9.97 Å². The molecule has 3 aromatic rings. The first-order valence-electron chi connectivity index (χ1n) is 9.49. The van der Waals surface area contributed by atoms with Crippen LogP contribution < -0.4 is 9.80 Å². The minimum absolute atomic E-state index is 0.703. The van der Waals surface area contributed by atoms with E-state index < -0.39 is 0 Å². The number of hydrogen-bond acceptors (Lipinski definition) is 7. The Hall–Kier alpha value is -2.71. The van der Waals surface area contributed by atoms with Crippen LogP contribution >= 0.6 is 0 Å². The molecule has 0 radical (unpaired) electrons. The van der Waals surface area contributed by atoms with E-state index in [1.807, 2.05) is 49.0 Å². The molecule has 4 rings (SSSR count). The Kier molecular flexibility index (Phi) is 4.45. The van der Waals surface area contributed by atoms with E-state index >= 15 is 0 Å². The lowest BCUT2D eigenvalue weighted by Crippen LogP contribution is -2.19. The van der Waals surface area contributed by atoms with Gasteiger partial charge < -0.3 is 9.80 Å². The molecule has 0 bridgehead atoms. The second kappa shape index (κ2) is 6.79. The van der Waals surface area contributed by atoms with Crippen LogP contribution in [0.3, 0.4) is 0 Å². The molecule has 1 aliphatic heterocycles. The third-order valence-corrected chi connectivity index (χ3v) is 5.19. The third-order valence-electron chi connectivity index (χ3n) is 5.19. The summed E-state index contributed by atoms with van der Waals surface area (Å²) < 4.78 is 3.88. The van der Waals surface area contributed by atoms with E-state index in [0.29, 0.717) is 12.2 Å². The van der Waals surface area contributed by atoms with Gasteiger partial charge in [0.2, 0.25) is 17.7 Å². The average Bonchev–Trinajstić information content (AvgIpc) is 3.33. The van der Waals surface area contributed by atoms with Gasteiger partial charge in [-0.2, -0.15) is 15.0 Å². The van der Waals surface area contributed by atoms with E-state index in [-0.39, 0.29) is 0 Å². The summed E-state index contributed by atoms with van der Waals surface area (Å²) in [7, 11) is 5.94. The van der Waals surface area contributed by atoms with Gasteiger partial charge in [-0.1, -0.05) is 0 Å². The summed E-state index contributed by atoms with van der Waals surface area (Å²) in [6, 6.07) is 0. The molecule has 4 heterocycles. The molecule has 0 aromatic carbocycles. The first-order valence-corrected chi connectivity index (χ1v) is 9.49. The number of aromatic nitrogens is 7. The second-order valence-electron chi connectivity index (χ2n) is 7.40. The maximum atomic E-state index is 4.77. The number of nitrogens with zero attached hydrogens (tertiary/aromatic N) is 9. The number of aryl methyl sites for hydroxylation is 5. The van der Waals surface area contributed by atoms with Crippen LogP contribution in [0, 0.1) is 13.8 Å². The highest BCUT2D eigenvalue weighted by atomic mass is 15.4. The van der Waals surface area contributed by atoms with Gasteiger partial charge in [0.1, 0.15) is 11.6 Å². The normalized spacial score (nSPS) is 14.5. The molecule has 1 saturated heterocycles. The van der Waals surface area contributed by atoms with Crippen molar-refractivity contribution in [2.24, 2.45) is 7.05 Å². The fraction of sp³-hybridized carbons (Fsp3) is 0.611. The first-order chi connectivity index (χ1) is 12.9. The van der Waals surface area contributed by atoms with Crippen molar-refractivity contribution in [1.82, 2.24) is 34.1 Å². The minimum Gasteiger partial charge on any atom is -0.348 e. The van der Waals surface area contributed by atoms with E-state index in [2.05, 4.69) is 20.0 Å². The zero-order chi connectivity index (χ0) is 19.1. The molecule has 0 aliphatic carbocycles. The number of hydrogen-bond donors (Lipinski definition) is 0. The van der Waals surface area contributed by atoms with Crippen LogP contribution in [0.4, 0.5) is 11.9 Å². The van der Waals surface area contributed by atoms with E-state index in [1.165, 1.54) is 12.8 Å². The van der Waals surface area contributed by atoms with Crippen LogP contribution in [-0.2, 0) is 19.9 Å². The van der Waals surface area contributed by atoms with Gasteiger partial charge in [-0.15, -0.1) is 5.10 Å². The van der Waals surface area contributed by atoms with Crippen LogP contribution in [0.25, 0.3) is 5.78 Å². The Bertz CT molecular complexity index is 963. The van der Waals surface area contributed by atoms with Gasteiger partial charge >= 0.3 is 0 Å². The molecule has 1 aliphatic rings. The molecule has 9 nitrogen and oxygen atoms in total. The Balaban J connectivity index is 1.59. The van der Waals surface area contributed by atoms with Crippen LogP contribution in [0.15, 0.2) is 0 Å². The Morgan fingerprint density at radius 1 is 0.963 bits per heavy atom. The lowest BCUT2D eigenvalue weighted by Gasteiger charge is -2.15. The Morgan fingerprint density at radius 3 is 2.41 bits per heavy atom. The summed E-state index contributed by atoms with van der Waals surface area (Å²) in [6.07, 6.45) is 3.89. The highest BCUT2D eigenvalue weighted by Gasteiger charge is 2.19. The molecule has 1 fully saturated rings. The summed E-state index contributed by atoms with van der Waals surface area (Å²) in [6.45, 7) is 6.15. The van der Waals surface area contributed by atoms with Gasteiger partial charge in [0.25, 0.3) is 0 Å². The molecular formula is C18H27N9. The molecule has 0 spiro atoms.